The summed E-state index contributed by atoms with van der Waals surface area (Å²) >= 11 is 5.23. The highest BCUT2D eigenvalue weighted by atomic mass is 79.9. The first kappa shape index (κ1) is 22.3. The van der Waals surface area contributed by atoms with Crippen molar-refractivity contribution in [1.82, 2.24) is 20.4 Å². The molecule has 0 saturated heterocycles. The molecule has 1 heterocycles. The lowest BCUT2D eigenvalue weighted by Crippen LogP contribution is -2.44. The van der Waals surface area contributed by atoms with Crippen molar-refractivity contribution in [3.8, 4) is 0 Å². The molecule has 0 aliphatic heterocycles. The van der Waals surface area contributed by atoms with Gasteiger partial charge in [-0.1, -0.05) is 44.0 Å². The number of thioether (sulfide) groups is 1. The second-order valence-electron chi connectivity index (χ2n) is 7.34. The van der Waals surface area contributed by atoms with Gasteiger partial charge in [0.25, 0.3) is 0 Å². The highest BCUT2D eigenvalue weighted by molar-refractivity contribution is 9.10. The number of nitrogens with one attached hydrogen (secondary N) is 1. The van der Waals surface area contributed by atoms with Crippen LogP contribution in [0.15, 0.2) is 38.2 Å². The Hall–Kier alpha value is -1.38. The Morgan fingerprint density at radius 3 is 2.69 bits per heavy atom. The van der Waals surface area contributed by atoms with Crippen LogP contribution in [0, 0.1) is 0 Å². The lowest BCUT2D eigenvalue weighted by atomic mass is 9.96. The standard InChI is InChI=1S/C21H29BrN4O2S/c1-3-26(4-2)15-19-23-20(25-28-19)21(12-7-8-13-21)24-18(27)11-14-29-17-10-6-5-9-16(17)22/h5-6,9-10H,3-4,7-8,11-15H2,1-2H3,(H,24,27). The first-order chi connectivity index (χ1) is 14.1. The minimum absolute atomic E-state index is 0.0431. The predicted molar refractivity (Wildman–Crippen MR) is 119 cm³/mol. The minimum atomic E-state index is -0.486. The molecule has 1 aromatic carbocycles. The molecule has 1 saturated carbocycles. The van der Waals surface area contributed by atoms with Gasteiger partial charge in [-0.15, -0.1) is 11.8 Å². The first-order valence-electron chi connectivity index (χ1n) is 10.3. The Morgan fingerprint density at radius 2 is 2.00 bits per heavy atom. The number of aromatic nitrogens is 2. The van der Waals surface area contributed by atoms with E-state index in [-0.39, 0.29) is 5.91 Å². The van der Waals surface area contributed by atoms with E-state index in [1.54, 1.807) is 11.8 Å². The molecule has 1 aromatic heterocycles. The highest BCUT2D eigenvalue weighted by Gasteiger charge is 2.41. The third kappa shape index (κ3) is 5.83. The number of amides is 1. The van der Waals surface area contributed by atoms with Gasteiger partial charge in [-0.25, -0.2) is 0 Å². The fraction of sp³-hybridized carbons (Fsp3) is 0.571. The fourth-order valence-electron chi connectivity index (χ4n) is 3.68. The Labute approximate surface area is 185 Å². The molecule has 6 nitrogen and oxygen atoms in total. The van der Waals surface area contributed by atoms with Gasteiger partial charge in [0, 0.05) is 21.5 Å². The van der Waals surface area contributed by atoms with Gasteiger partial charge in [0.05, 0.1) is 6.54 Å². The zero-order valence-corrected chi connectivity index (χ0v) is 19.5. The second-order valence-corrected chi connectivity index (χ2v) is 9.33. The van der Waals surface area contributed by atoms with Crippen LogP contribution in [0.5, 0.6) is 0 Å². The van der Waals surface area contributed by atoms with Gasteiger partial charge in [-0.05, 0) is 54.0 Å². The van der Waals surface area contributed by atoms with Crippen molar-refractivity contribution in [1.29, 1.82) is 0 Å². The monoisotopic (exact) mass is 480 g/mol. The summed E-state index contributed by atoms with van der Waals surface area (Å²) in [4.78, 5) is 20.7. The molecule has 8 heteroatoms. The lowest BCUT2D eigenvalue weighted by Gasteiger charge is -2.26. The van der Waals surface area contributed by atoms with Crippen molar-refractivity contribution in [2.45, 2.75) is 62.9 Å². The van der Waals surface area contributed by atoms with Gasteiger partial charge < -0.3 is 9.84 Å². The van der Waals surface area contributed by atoms with E-state index in [2.05, 4.69) is 56.2 Å². The van der Waals surface area contributed by atoms with Crippen LogP contribution in [0.4, 0.5) is 0 Å². The average Bonchev–Trinajstić information content (AvgIpc) is 3.38. The Bertz CT molecular complexity index is 803. The van der Waals surface area contributed by atoms with Crippen molar-refractivity contribution < 1.29 is 9.32 Å². The van der Waals surface area contributed by atoms with Crippen molar-refractivity contribution in [3.63, 3.8) is 0 Å². The maximum absolute atomic E-state index is 12.7. The number of hydrogen-bond acceptors (Lipinski definition) is 6. The lowest BCUT2D eigenvalue weighted by molar-refractivity contribution is -0.122. The molecule has 0 spiro atoms. The Balaban J connectivity index is 1.59. The van der Waals surface area contributed by atoms with Crippen LogP contribution in [-0.4, -0.2) is 39.8 Å². The van der Waals surface area contributed by atoms with Gasteiger partial charge in [0.15, 0.2) is 5.82 Å². The molecule has 0 atom stereocenters. The van der Waals surface area contributed by atoms with Crippen LogP contribution in [-0.2, 0) is 16.9 Å². The molecule has 1 fully saturated rings. The van der Waals surface area contributed by atoms with Crippen LogP contribution in [0.1, 0.15) is 57.7 Å². The summed E-state index contributed by atoms with van der Waals surface area (Å²) in [6.45, 7) is 6.75. The molecular weight excluding hydrogens is 452 g/mol. The van der Waals surface area contributed by atoms with Gasteiger partial charge >= 0.3 is 0 Å². The topological polar surface area (TPSA) is 71.3 Å². The van der Waals surface area contributed by atoms with Gasteiger partial charge in [0.2, 0.25) is 11.8 Å². The average molecular weight is 481 g/mol. The van der Waals surface area contributed by atoms with Crippen LogP contribution in [0.2, 0.25) is 0 Å². The largest absolute Gasteiger partial charge is 0.343 e. The number of carbonyl (C=O) groups excluding carboxylic acids is 1. The quantitative estimate of drug-likeness (QED) is 0.495. The molecule has 1 amide bonds. The molecular formula is C21H29BrN4O2S. The summed E-state index contributed by atoms with van der Waals surface area (Å²) in [5.41, 5.74) is -0.486. The summed E-state index contributed by atoms with van der Waals surface area (Å²) in [7, 11) is 0. The van der Waals surface area contributed by atoms with Crippen LogP contribution >= 0.6 is 27.7 Å². The summed E-state index contributed by atoms with van der Waals surface area (Å²) in [6.07, 6.45) is 4.30. The van der Waals surface area contributed by atoms with E-state index in [0.717, 1.165) is 53.9 Å². The smallest absolute Gasteiger partial charge is 0.240 e. The van der Waals surface area contributed by atoms with E-state index in [4.69, 9.17) is 4.52 Å². The molecule has 1 aliphatic rings. The SMILES string of the molecule is CCN(CC)Cc1nc(C2(NC(=O)CCSc3ccccc3Br)CCCC2)no1. The van der Waals surface area contributed by atoms with E-state index < -0.39 is 5.54 Å². The summed E-state index contributed by atoms with van der Waals surface area (Å²) in [5.74, 6) is 2.02. The van der Waals surface area contributed by atoms with Crippen LogP contribution < -0.4 is 5.32 Å². The number of hydrogen-bond donors (Lipinski definition) is 1. The number of halogens is 1. The van der Waals surface area contributed by atoms with Crippen LogP contribution in [0.3, 0.4) is 0 Å². The Kier molecular flexibility index (Phi) is 8.15. The third-order valence-corrected chi connectivity index (χ3v) is 7.44. The first-order valence-corrected chi connectivity index (χ1v) is 12.1. The maximum atomic E-state index is 12.7. The fourth-order valence-corrected chi connectivity index (χ4v) is 5.20. The number of nitrogens with zero attached hydrogens (tertiary/aromatic N) is 3. The minimum Gasteiger partial charge on any atom is -0.343 e. The van der Waals surface area contributed by atoms with E-state index >= 15 is 0 Å². The number of carbonyl (C=O) groups is 1. The normalized spacial score (nSPS) is 15.7. The van der Waals surface area contributed by atoms with Gasteiger partial charge in [-0.3, -0.25) is 9.69 Å². The molecule has 0 radical (unpaired) electrons. The maximum Gasteiger partial charge on any atom is 0.240 e. The molecule has 1 N–H and O–H groups in total. The molecule has 29 heavy (non-hydrogen) atoms. The molecule has 3 rings (SSSR count). The van der Waals surface area contributed by atoms with Crippen LogP contribution in [0.25, 0.3) is 0 Å². The van der Waals surface area contributed by atoms with E-state index in [9.17, 15) is 4.79 Å². The van der Waals surface area contributed by atoms with Gasteiger partial charge in [0.1, 0.15) is 5.54 Å². The molecule has 0 bridgehead atoms. The zero-order chi connectivity index (χ0) is 20.7. The summed E-state index contributed by atoms with van der Waals surface area (Å²) in [6, 6.07) is 8.07. The van der Waals surface area contributed by atoms with Crippen molar-refractivity contribution in [2.75, 3.05) is 18.8 Å². The summed E-state index contributed by atoms with van der Waals surface area (Å²) in [5, 5.41) is 7.49. The molecule has 1 aliphatic carbocycles. The summed E-state index contributed by atoms with van der Waals surface area (Å²) < 4.78 is 6.57. The molecule has 158 valence electrons. The van der Waals surface area contributed by atoms with E-state index in [1.165, 1.54) is 0 Å². The van der Waals surface area contributed by atoms with Crippen molar-refractivity contribution in [2.24, 2.45) is 0 Å². The van der Waals surface area contributed by atoms with E-state index in [1.807, 2.05) is 18.2 Å². The molecule has 0 unspecified atom stereocenters. The predicted octanol–water partition coefficient (Wildman–Crippen LogP) is 4.74. The van der Waals surface area contributed by atoms with E-state index in [0.29, 0.717) is 24.7 Å². The van der Waals surface area contributed by atoms with Crippen molar-refractivity contribution in [3.05, 3.63) is 40.5 Å². The zero-order valence-electron chi connectivity index (χ0n) is 17.1. The molecule has 2 aromatic rings. The number of rotatable bonds is 10. The Morgan fingerprint density at radius 1 is 1.28 bits per heavy atom. The number of benzene rings is 1. The third-order valence-electron chi connectivity index (χ3n) is 5.41. The highest BCUT2D eigenvalue weighted by Crippen LogP contribution is 2.37. The second kappa shape index (κ2) is 10.6. The van der Waals surface area contributed by atoms with Gasteiger partial charge in [-0.2, -0.15) is 4.98 Å². The van der Waals surface area contributed by atoms with Crippen molar-refractivity contribution >= 4 is 33.6 Å².